The van der Waals surface area contributed by atoms with Gasteiger partial charge in [0.05, 0.1) is 15.1 Å². The summed E-state index contributed by atoms with van der Waals surface area (Å²) in [6, 6.07) is 11.7. The molecule has 0 fully saturated rings. The monoisotopic (exact) mass is 406 g/mol. The van der Waals surface area contributed by atoms with E-state index in [1.165, 1.54) is 17.7 Å². The number of nitrogens with zero attached hydrogens (tertiary/aromatic N) is 4. The van der Waals surface area contributed by atoms with Gasteiger partial charge in [-0.1, -0.05) is 29.5 Å². The first-order chi connectivity index (χ1) is 13.9. The van der Waals surface area contributed by atoms with Gasteiger partial charge in [-0.15, -0.1) is 0 Å². The second kappa shape index (κ2) is 7.44. The maximum Gasteiger partial charge on any atom is 0.353 e. The van der Waals surface area contributed by atoms with E-state index < -0.39 is 4.92 Å². The van der Waals surface area contributed by atoms with Crippen molar-refractivity contribution in [2.24, 2.45) is 0 Å². The van der Waals surface area contributed by atoms with Crippen LogP contribution in [0.1, 0.15) is 16.7 Å². The molecule has 0 saturated carbocycles. The standard InChI is InChI=1S/C20H18N6O2S/c1-11-7-12(2)9-14(8-11)23-18-17(26(27)28)19(22-10-21-18)25-20-24-16-13(3)5-4-6-15(16)29-20/h4-10H,1-3H3,(H2,21,22,23,24,25). The van der Waals surface area contributed by atoms with Crippen LogP contribution in [-0.2, 0) is 0 Å². The van der Waals surface area contributed by atoms with Crippen LogP contribution in [0.4, 0.5) is 28.1 Å². The van der Waals surface area contributed by atoms with Gasteiger partial charge < -0.3 is 10.6 Å². The predicted molar refractivity (Wildman–Crippen MR) is 116 cm³/mol. The van der Waals surface area contributed by atoms with Gasteiger partial charge in [-0.05, 0) is 55.7 Å². The number of aromatic nitrogens is 3. The van der Waals surface area contributed by atoms with E-state index in [0.717, 1.165) is 32.6 Å². The zero-order chi connectivity index (χ0) is 20.5. The lowest BCUT2D eigenvalue weighted by Gasteiger charge is -2.10. The minimum Gasteiger partial charge on any atom is -0.334 e. The van der Waals surface area contributed by atoms with Gasteiger partial charge >= 0.3 is 5.69 Å². The number of hydrogen-bond donors (Lipinski definition) is 2. The van der Waals surface area contributed by atoms with Crippen LogP contribution in [0.3, 0.4) is 0 Å². The van der Waals surface area contributed by atoms with E-state index in [4.69, 9.17) is 0 Å². The van der Waals surface area contributed by atoms with E-state index in [-0.39, 0.29) is 17.3 Å². The van der Waals surface area contributed by atoms with E-state index in [1.54, 1.807) is 0 Å². The summed E-state index contributed by atoms with van der Waals surface area (Å²) >= 11 is 1.41. The van der Waals surface area contributed by atoms with Gasteiger partial charge in [-0.25, -0.2) is 15.0 Å². The van der Waals surface area contributed by atoms with Crippen molar-refractivity contribution in [1.29, 1.82) is 0 Å². The van der Waals surface area contributed by atoms with Crippen molar-refractivity contribution in [3.8, 4) is 0 Å². The summed E-state index contributed by atoms with van der Waals surface area (Å²) in [6.45, 7) is 5.91. The number of benzene rings is 2. The molecule has 2 heterocycles. The number of thiazole rings is 1. The quantitative estimate of drug-likeness (QED) is 0.337. The Kier molecular flexibility index (Phi) is 4.81. The Hall–Kier alpha value is -3.59. The Morgan fingerprint density at radius 2 is 1.69 bits per heavy atom. The molecule has 0 bridgehead atoms. The maximum atomic E-state index is 11.8. The summed E-state index contributed by atoms with van der Waals surface area (Å²) in [7, 11) is 0. The van der Waals surface area contributed by atoms with Gasteiger partial charge in [-0.2, -0.15) is 0 Å². The van der Waals surface area contributed by atoms with Crippen molar-refractivity contribution in [2.45, 2.75) is 20.8 Å². The predicted octanol–water partition coefficient (Wildman–Crippen LogP) is 5.41. The number of aryl methyl sites for hydroxylation is 3. The Morgan fingerprint density at radius 3 is 2.34 bits per heavy atom. The average molecular weight is 406 g/mol. The number of hydrogen-bond acceptors (Lipinski definition) is 8. The third kappa shape index (κ3) is 3.85. The van der Waals surface area contributed by atoms with Crippen LogP contribution in [0.25, 0.3) is 10.2 Å². The Labute approximate surface area is 170 Å². The first kappa shape index (κ1) is 18.8. The lowest BCUT2D eigenvalue weighted by atomic mass is 10.1. The molecule has 0 radical (unpaired) electrons. The number of anilines is 4. The highest BCUT2D eigenvalue weighted by Crippen LogP contribution is 2.35. The summed E-state index contributed by atoms with van der Waals surface area (Å²) < 4.78 is 0.998. The molecule has 0 aliphatic heterocycles. The summed E-state index contributed by atoms with van der Waals surface area (Å²) in [5.41, 5.74) is 4.50. The molecular weight excluding hydrogens is 388 g/mol. The normalized spacial score (nSPS) is 10.9. The fourth-order valence-electron chi connectivity index (χ4n) is 3.16. The number of fused-ring (bicyclic) bond motifs is 1. The second-order valence-electron chi connectivity index (χ2n) is 6.74. The summed E-state index contributed by atoms with van der Waals surface area (Å²) in [6.07, 6.45) is 1.29. The highest BCUT2D eigenvalue weighted by molar-refractivity contribution is 7.22. The summed E-state index contributed by atoms with van der Waals surface area (Å²) in [5.74, 6) is 0.211. The molecule has 0 aliphatic rings. The highest BCUT2D eigenvalue weighted by atomic mass is 32.1. The SMILES string of the molecule is Cc1cc(C)cc(Nc2ncnc(Nc3nc4c(C)cccc4s3)c2[N+](=O)[O-])c1. The molecule has 0 amide bonds. The van der Waals surface area contributed by atoms with E-state index in [1.807, 2.05) is 57.2 Å². The molecule has 2 N–H and O–H groups in total. The molecule has 4 rings (SSSR count). The Balaban J connectivity index is 1.72. The lowest BCUT2D eigenvalue weighted by Crippen LogP contribution is -2.05. The molecule has 2 aromatic carbocycles. The molecule has 29 heavy (non-hydrogen) atoms. The minimum absolute atomic E-state index is 0.0913. The average Bonchev–Trinajstić information content (AvgIpc) is 3.04. The maximum absolute atomic E-state index is 11.8. The second-order valence-corrected chi connectivity index (χ2v) is 7.77. The number of nitrogens with one attached hydrogen (secondary N) is 2. The molecule has 2 aromatic heterocycles. The molecule has 0 saturated heterocycles. The van der Waals surface area contributed by atoms with Crippen molar-refractivity contribution >= 4 is 49.7 Å². The first-order valence-corrected chi connectivity index (χ1v) is 9.70. The molecule has 0 unspecified atom stereocenters. The van der Waals surface area contributed by atoms with Gasteiger partial charge in [0.15, 0.2) is 5.13 Å². The zero-order valence-corrected chi connectivity index (χ0v) is 16.9. The molecule has 0 spiro atoms. The van der Waals surface area contributed by atoms with Crippen LogP contribution >= 0.6 is 11.3 Å². The smallest absolute Gasteiger partial charge is 0.334 e. The fraction of sp³-hybridized carbons (Fsp3) is 0.150. The van der Waals surface area contributed by atoms with Crippen molar-refractivity contribution in [1.82, 2.24) is 15.0 Å². The van der Waals surface area contributed by atoms with E-state index >= 15 is 0 Å². The molecule has 0 atom stereocenters. The Bertz CT molecular complexity index is 1220. The summed E-state index contributed by atoms with van der Waals surface area (Å²) in [5, 5.41) is 18.4. The molecule has 0 aliphatic carbocycles. The fourth-order valence-corrected chi connectivity index (χ4v) is 4.10. The minimum atomic E-state index is -0.494. The number of rotatable bonds is 5. The molecule has 4 aromatic rings. The molecular formula is C20H18N6O2S. The van der Waals surface area contributed by atoms with Crippen LogP contribution in [0.15, 0.2) is 42.7 Å². The van der Waals surface area contributed by atoms with Gasteiger partial charge in [0, 0.05) is 5.69 Å². The third-order valence-electron chi connectivity index (χ3n) is 4.34. The largest absolute Gasteiger partial charge is 0.353 e. The Morgan fingerprint density at radius 1 is 1.00 bits per heavy atom. The number of nitro groups is 1. The van der Waals surface area contributed by atoms with Crippen molar-refractivity contribution in [2.75, 3.05) is 10.6 Å². The van der Waals surface area contributed by atoms with Crippen molar-refractivity contribution < 1.29 is 4.92 Å². The van der Waals surface area contributed by atoms with E-state index in [2.05, 4.69) is 25.6 Å². The van der Waals surface area contributed by atoms with Crippen LogP contribution in [0.5, 0.6) is 0 Å². The van der Waals surface area contributed by atoms with Gasteiger partial charge in [-0.3, -0.25) is 10.1 Å². The topological polar surface area (TPSA) is 106 Å². The van der Waals surface area contributed by atoms with Crippen LogP contribution in [0, 0.1) is 30.9 Å². The van der Waals surface area contributed by atoms with Gasteiger partial charge in [0.25, 0.3) is 0 Å². The van der Waals surface area contributed by atoms with E-state index in [9.17, 15) is 10.1 Å². The molecule has 146 valence electrons. The van der Waals surface area contributed by atoms with Gasteiger partial charge in [0.2, 0.25) is 11.6 Å². The first-order valence-electron chi connectivity index (χ1n) is 8.88. The lowest BCUT2D eigenvalue weighted by molar-refractivity contribution is -0.383. The van der Waals surface area contributed by atoms with Crippen molar-refractivity contribution in [3.05, 3.63) is 69.5 Å². The van der Waals surface area contributed by atoms with Crippen LogP contribution in [0.2, 0.25) is 0 Å². The van der Waals surface area contributed by atoms with Gasteiger partial charge in [0.1, 0.15) is 6.33 Å². The van der Waals surface area contributed by atoms with Crippen LogP contribution in [-0.4, -0.2) is 19.9 Å². The summed E-state index contributed by atoms with van der Waals surface area (Å²) in [4.78, 5) is 24.0. The third-order valence-corrected chi connectivity index (χ3v) is 5.27. The van der Waals surface area contributed by atoms with E-state index in [0.29, 0.717) is 5.13 Å². The highest BCUT2D eigenvalue weighted by Gasteiger charge is 2.24. The zero-order valence-electron chi connectivity index (χ0n) is 16.1. The molecule has 8 nitrogen and oxygen atoms in total. The molecule has 9 heteroatoms. The van der Waals surface area contributed by atoms with Crippen molar-refractivity contribution in [3.63, 3.8) is 0 Å². The van der Waals surface area contributed by atoms with Crippen LogP contribution < -0.4 is 10.6 Å². The number of para-hydroxylation sites is 1.